The largest absolute Gasteiger partial charge is 0.455 e. The highest BCUT2D eigenvalue weighted by molar-refractivity contribution is 6.13. The topological polar surface area (TPSA) is 48.8 Å². The van der Waals surface area contributed by atoms with Gasteiger partial charge in [-0.25, -0.2) is 9.97 Å². The molecule has 43 heavy (non-hydrogen) atoms. The first-order valence-electron chi connectivity index (χ1n) is 14.4. The van der Waals surface area contributed by atoms with Gasteiger partial charge in [0, 0.05) is 22.1 Å². The van der Waals surface area contributed by atoms with Crippen LogP contribution in [0.3, 0.4) is 0 Å². The van der Waals surface area contributed by atoms with Crippen molar-refractivity contribution in [2.24, 2.45) is 0 Å². The van der Waals surface area contributed by atoms with Crippen molar-refractivity contribution in [2.45, 2.75) is 0 Å². The van der Waals surface area contributed by atoms with E-state index in [0.717, 1.165) is 78.2 Å². The first-order chi connectivity index (χ1) is 21.3. The molecule has 9 rings (SSSR count). The van der Waals surface area contributed by atoms with E-state index < -0.39 is 0 Å². The molecule has 0 spiro atoms. The second kappa shape index (κ2) is 9.29. The number of hydrogen-bond donors (Lipinski definition) is 0. The van der Waals surface area contributed by atoms with Crippen molar-refractivity contribution in [3.63, 3.8) is 0 Å². The van der Waals surface area contributed by atoms with Crippen molar-refractivity contribution in [2.75, 3.05) is 0 Å². The van der Waals surface area contributed by atoms with E-state index in [1.54, 1.807) is 0 Å². The summed E-state index contributed by atoms with van der Waals surface area (Å²) >= 11 is 0. The first-order valence-corrected chi connectivity index (χ1v) is 14.4. The smallest absolute Gasteiger partial charge is 0.149 e. The van der Waals surface area contributed by atoms with Crippen molar-refractivity contribution in [3.05, 3.63) is 146 Å². The second-order valence-corrected chi connectivity index (χ2v) is 10.7. The van der Waals surface area contributed by atoms with Crippen LogP contribution in [0.1, 0.15) is 0 Å². The Balaban J connectivity index is 1.34. The van der Waals surface area contributed by atoms with Crippen LogP contribution in [-0.2, 0) is 0 Å². The normalized spacial score (nSPS) is 11.7. The van der Waals surface area contributed by atoms with Gasteiger partial charge < -0.3 is 4.42 Å². The van der Waals surface area contributed by atoms with Gasteiger partial charge >= 0.3 is 0 Å². The van der Waals surface area contributed by atoms with E-state index in [1.807, 2.05) is 24.3 Å². The van der Waals surface area contributed by atoms with Crippen LogP contribution in [0, 0.1) is 0 Å². The Morgan fingerprint density at radius 2 is 0.814 bits per heavy atom. The third-order valence-corrected chi connectivity index (χ3v) is 8.16. The highest BCUT2D eigenvalue weighted by Gasteiger charge is 2.23. The zero-order chi connectivity index (χ0) is 28.3. The lowest BCUT2D eigenvalue weighted by atomic mass is 10.1. The Kier molecular flexibility index (Phi) is 5.13. The van der Waals surface area contributed by atoms with Crippen LogP contribution in [-0.4, -0.2) is 19.1 Å². The standard InChI is InChI=1S/C38H24N4O/c1-3-13-25(14-4-1)41-33-23-9-7-21-31(33)39-37(41)29-19-11-17-27-28-18-12-20-30(36(28)43-35(27)29)38-40-32-22-8-10-24-34(32)42(38)26-15-5-2-6-16-26/h1-24H. The third kappa shape index (κ3) is 3.58. The van der Waals surface area contributed by atoms with Gasteiger partial charge in [-0.1, -0.05) is 84.9 Å². The van der Waals surface area contributed by atoms with E-state index in [0.29, 0.717) is 0 Å². The molecule has 9 aromatic rings. The van der Waals surface area contributed by atoms with Crippen LogP contribution in [0.2, 0.25) is 0 Å². The lowest BCUT2D eigenvalue weighted by molar-refractivity contribution is 0.670. The predicted octanol–water partition coefficient (Wildman–Crippen LogP) is 9.60. The molecule has 0 saturated carbocycles. The van der Waals surface area contributed by atoms with E-state index in [1.165, 1.54) is 0 Å². The lowest BCUT2D eigenvalue weighted by Gasteiger charge is -2.10. The Morgan fingerprint density at radius 1 is 0.395 bits per heavy atom. The van der Waals surface area contributed by atoms with Gasteiger partial charge in [0.05, 0.1) is 33.2 Å². The molecule has 0 aliphatic carbocycles. The van der Waals surface area contributed by atoms with Crippen molar-refractivity contribution in [1.82, 2.24) is 19.1 Å². The zero-order valence-corrected chi connectivity index (χ0v) is 23.1. The summed E-state index contributed by atoms with van der Waals surface area (Å²) in [5.74, 6) is 1.69. The number of para-hydroxylation sites is 8. The van der Waals surface area contributed by atoms with Crippen LogP contribution in [0.4, 0.5) is 0 Å². The van der Waals surface area contributed by atoms with Gasteiger partial charge in [0.25, 0.3) is 0 Å². The number of hydrogen-bond acceptors (Lipinski definition) is 3. The number of furan rings is 1. The van der Waals surface area contributed by atoms with Crippen LogP contribution in [0.25, 0.3) is 78.2 Å². The maximum absolute atomic E-state index is 6.89. The number of nitrogens with zero attached hydrogens (tertiary/aromatic N) is 4. The Morgan fingerprint density at radius 3 is 1.28 bits per heavy atom. The lowest BCUT2D eigenvalue weighted by Crippen LogP contribution is -1.97. The van der Waals surface area contributed by atoms with Gasteiger partial charge in [-0.3, -0.25) is 9.13 Å². The molecule has 0 radical (unpaired) electrons. The summed E-state index contributed by atoms with van der Waals surface area (Å²) in [7, 11) is 0. The molecule has 0 bridgehead atoms. The molecular formula is C38H24N4O. The summed E-state index contributed by atoms with van der Waals surface area (Å²) in [5, 5.41) is 2.09. The van der Waals surface area contributed by atoms with Crippen LogP contribution < -0.4 is 0 Å². The summed E-state index contributed by atoms with van der Waals surface area (Å²) in [4.78, 5) is 10.3. The van der Waals surface area contributed by atoms with Gasteiger partial charge in [0.15, 0.2) is 0 Å². The maximum Gasteiger partial charge on any atom is 0.149 e. The molecule has 0 aliphatic rings. The molecule has 6 aromatic carbocycles. The number of imidazole rings is 2. The third-order valence-electron chi connectivity index (χ3n) is 8.16. The highest BCUT2D eigenvalue weighted by Crippen LogP contribution is 2.41. The molecule has 0 atom stereocenters. The highest BCUT2D eigenvalue weighted by atomic mass is 16.3. The van der Waals surface area contributed by atoms with Gasteiger partial charge in [0.2, 0.25) is 0 Å². The van der Waals surface area contributed by atoms with Crippen LogP contribution >= 0.6 is 0 Å². The summed E-state index contributed by atoms with van der Waals surface area (Å²) in [6.07, 6.45) is 0. The molecular weight excluding hydrogens is 528 g/mol. The Labute approximate surface area is 246 Å². The number of fused-ring (bicyclic) bond motifs is 5. The molecule has 3 aromatic heterocycles. The summed E-state index contributed by atoms with van der Waals surface area (Å²) < 4.78 is 11.3. The molecule has 0 unspecified atom stereocenters. The second-order valence-electron chi connectivity index (χ2n) is 10.7. The molecule has 0 fully saturated rings. The minimum Gasteiger partial charge on any atom is -0.455 e. The molecule has 202 valence electrons. The van der Waals surface area contributed by atoms with E-state index in [2.05, 4.69) is 130 Å². The predicted molar refractivity (Wildman–Crippen MR) is 174 cm³/mol. The van der Waals surface area contributed by atoms with Crippen molar-refractivity contribution >= 4 is 44.0 Å². The number of aromatic nitrogens is 4. The van der Waals surface area contributed by atoms with Crippen LogP contribution in [0.15, 0.2) is 150 Å². The van der Waals surface area contributed by atoms with Crippen LogP contribution in [0.5, 0.6) is 0 Å². The Hall–Kier alpha value is -5.94. The zero-order valence-electron chi connectivity index (χ0n) is 23.1. The van der Waals surface area contributed by atoms with Gasteiger partial charge in [-0.15, -0.1) is 0 Å². The molecule has 0 saturated heterocycles. The average Bonchev–Trinajstić information content (AvgIpc) is 3.77. The SMILES string of the molecule is c1ccc(-n2c(-c3cccc4c3oc3c(-c5nc6ccccc6n5-c5ccccc5)cccc34)nc3ccccc32)cc1. The van der Waals surface area contributed by atoms with Gasteiger partial charge in [-0.05, 0) is 60.7 Å². The summed E-state index contributed by atoms with van der Waals surface area (Å²) in [6, 6.07) is 49.9. The summed E-state index contributed by atoms with van der Waals surface area (Å²) in [6.45, 7) is 0. The van der Waals surface area contributed by atoms with E-state index in [4.69, 9.17) is 14.4 Å². The van der Waals surface area contributed by atoms with Crippen molar-refractivity contribution in [1.29, 1.82) is 0 Å². The maximum atomic E-state index is 6.89. The van der Waals surface area contributed by atoms with Gasteiger partial charge in [0.1, 0.15) is 22.8 Å². The molecule has 3 heterocycles. The fourth-order valence-corrected chi connectivity index (χ4v) is 6.26. The quantitative estimate of drug-likeness (QED) is 0.218. The molecule has 0 amide bonds. The fourth-order valence-electron chi connectivity index (χ4n) is 6.26. The molecule has 0 aliphatic heterocycles. The molecule has 5 heteroatoms. The minimum atomic E-state index is 0.805. The molecule has 0 N–H and O–H groups in total. The minimum absolute atomic E-state index is 0.805. The molecule has 5 nitrogen and oxygen atoms in total. The van der Waals surface area contributed by atoms with Gasteiger partial charge in [-0.2, -0.15) is 0 Å². The van der Waals surface area contributed by atoms with E-state index in [9.17, 15) is 0 Å². The fraction of sp³-hybridized carbons (Fsp3) is 0. The van der Waals surface area contributed by atoms with E-state index in [-0.39, 0.29) is 0 Å². The first kappa shape index (κ1) is 23.7. The Bertz CT molecular complexity index is 2280. The van der Waals surface area contributed by atoms with E-state index >= 15 is 0 Å². The van der Waals surface area contributed by atoms with Crippen molar-refractivity contribution < 1.29 is 4.42 Å². The number of benzene rings is 6. The number of rotatable bonds is 4. The van der Waals surface area contributed by atoms with Crippen molar-refractivity contribution in [3.8, 4) is 34.2 Å². The monoisotopic (exact) mass is 552 g/mol. The summed E-state index contributed by atoms with van der Waals surface area (Å²) in [5.41, 5.74) is 9.57. The average molecular weight is 553 g/mol.